The van der Waals surface area contributed by atoms with E-state index < -0.39 is 0 Å². The van der Waals surface area contributed by atoms with Crippen LogP contribution in [-0.4, -0.2) is 28.4 Å². The second kappa shape index (κ2) is 6.17. The number of rotatable bonds is 6. The van der Waals surface area contributed by atoms with E-state index in [9.17, 15) is 4.79 Å². The summed E-state index contributed by atoms with van der Waals surface area (Å²) in [7, 11) is 0. The Balaban J connectivity index is 2.81. The molecular formula is C11H19N5O. The molecular weight excluding hydrogens is 218 g/mol. The summed E-state index contributed by atoms with van der Waals surface area (Å²) in [5.41, 5.74) is 8.69. The Morgan fingerprint density at radius 1 is 1.59 bits per heavy atom. The highest BCUT2D eigenvalue weighted by atomic mass is 16.1. The highest BCUT2D eigenvalue weighted by Gasteiger charge is 2.14. The molecule has 0 fully saturated rings. The lowest BCUT2D eigenvalue weighted by molar-refractivity contribution is -0.119. The molecule has 1 aromatic heterocycles. The highest BCUT2D eigenvalue weighted by Crippen LogP contribution is 2.14. The van der Waals surface area contributed by atoms with Crippen LogP contribution in [0.25, 0.3) is 0 Å². The lowest BCUT2D eigenvalue weighted by Gasteiger charge is -2.25. The Hall–Kier alpha value is -1.66. The standard InChI is InChI=1S/C11H19N5O/c1-8(2)16(7-10(12)17)6-9-4-3-5-14-11(9)15-13/h3-5,8H,6-7,13H2,1-2H3,(H2,12,17)(H,14,15). The van der Waals surface area contributed by atoms with Gasteiger partial charge in [0, 0.05) is 24.3 Å². The number of nitrogen functional groups attached to an aromatic ring is 1. The number of primary amides is 1. The van der Waals surface area contributed by atoms with E-state index in [0.717, 1.165) is 5.56 Å². The van der Waals surface area contributed by atoms with Crippen LogP contribution in [0.15, 0.2) is 18.3 Å². The summed E-state index contributed by atoms with van der Waals surface area (Å²) in [6.07, 6.45) is 1.66. The number of carbonyl (C=O) groups is 1. The summed E-state index contributed by atoms with van der Waals surface area (Å²) in [6, 6.07) is 3.96. The average molecular weight is 237 g/mol. The molecule has 1 heterocycles. The van der Waals surface area contributed by atoms with Crippen molar-refractivity contribution in [1.82, 2.24) is 9.88 Å². The number of pyridine rings is 1. The minimum Gasteiger partial charge on any atom is -0.369 e. The van der Waals surface area contributed by atoms with Crippen molar-refractivity contribution in [3.63, 3.8) is 0 Å². The Morgan fingerprint density at radius 2 is 2.29 bits per heavy atom. The van der Waals surface area contributed by atoms with Crippen LogP contribution in [0.2, 0.25) is 0 Å². The predicted molar refractivity (Wildman–Crippen MR) is 66.8 cm³/mol. The summed E-state index contributed by atoms with van der Waals surface area (Å²) in [5.74, 6) is 5.65. The fraction of sp³-hybridized carbons (Fsp3) is 0.455. The smallest absolute Gasteiger partial charge is 0.231 e. The van der Waals surface area contributed by atoms with Gasteiger partial charge in [-0.05, 0) is 19.9 Å². The molecule has 1 amide bonds. The fourth-order valence-corrected chi connectivity index (χ4v) is 1.54. The normalized spacial score (nSPS) is 10.9. The monoisotopic (exact) mass is 237 g/mol. The molecule has 0 unspecified atom stereocenters. The van der Waals surface area contributed by atoms with E-state index in [2.05, 4.69) is 10.4 Å². The number of hydrogen-bond donors (Lipinski definition) is 3. The number of nitrogens with zero attached hydrogens (tertiary/aromatic N) is 2. The van der Waals surface area contributed by atoms with Gasteiger partial charge >= 0.3 is 0 Å². The molecule has 0 aliphatic rings. The minimum atomic E-state index is -0.343. The molecule has 0 saturated carbocycles. The maximum Gasteiger partial charge on any atom is 0.231 e. The van der Waals surface area contributed by atoms with Crippen LogP contribution in [-0.2, 0) is 11.3 Å². The van der Waals surface area contributed by atoms with E-state index in [4.69, 9.17) is 11.6 Å². The number of aromatic nitrogens is 1. The second-order valence-electron chi connectivity index (χ2n) is 4.12. The number of hydrogen-bond acceptors (Lipinski definition) is 5. The van der Waals surface area contributed by atoms with Gasteiger partial charge in [0.05, 0.1) is 6.54 Å². The molecule has 0 aliphatic carbocycles. The lowest BCUT2D eigenvalue weighted by atomic mass is 10.2. The van der Waals surface area contributed by atoms with Crippen molar-refractivity contribution in [1.29, 1.82) is 0 Å². The van der Waals surface area contributed by atoms with Crippen LogP contribution in [0, 0.1) is 0 Å². The van der Waals surface area contributed by atoms with Crippen LogP contribution in [0.3, 0.4) is 0 Å². The SMILES string of the molecule is CC(C)N(CC(N)=O)Cc1cccnc1NN. The summed E-state index contributed by atoms with van der Waals surface area (Å²) in [6.45, 7) is 4.81. The Kier molecular flexibility index (Phi) is 4.86. The summed E-state index contributed by atoms with van der Waals surface area (Å²) in [4.78, 5) is 17.1. The number of amides is 1. The Bertz CT molecular complexity index is 380. The van der Waals surface area contributed by atoms with Crippen LogP contribution in [0.1, 0.15) is 19.4 Å². The topological polar surface area (TPSA) is 97.3 Å². The zero-order valence-corrected chi connectivity index (χ0v) is 10.2. The Morgan fingerprint density at radius 3 is 2.82 bits per heavy atom. The van der Waals surface area contributed by atoms with Crippen molar-refractivity contribution in [2.45, 2.75) is 26.4 Å². The van der Waals surface area contributed by atoms with E-state index in [0.29, 0.717) is 12.4 Å². The molecule has 0 atom stereocenters. The van der Waals surface area contributed by atoms with Gasteiger partial charge in [0.1, 0.15) is 5.82 Å². The van der Waals surface area contributed by atoms with Gasteiger partial charge in [-0.2, -0.15) is 0 Å². The van der Waals surface area contributed by atoms with Crippen molar-refractivity contribution < 1.29 is 4.79 Å². The molecule has 0 aliphatic heterocycles. The first-order valence-electron chi connectivity index (χ1n) is 5.47. The average Bonchev–Trinajstić information content (AvgIpc) is 2.28. The van der Waals surface area contributed by atoms with E-state index in [-0.39, 0.29) is 18.5 Å². The first-order valence-corrected chi connectivity index (χ1v) is 5.47. The summed E-state index contributed by atoms with van der Waals surface area (Å²) in [5, 5.41) is 0. The predicted octanol–water partition coefficient (Wildman–Crippen LogP) is 0.0629. The molecule has 6 nitrogen and oxygen atoms in total. The molecule has 1 rings (SSSR count). The van der Waals surface area contributed by atoms with Crippen molar-refractivity contribution in [3.8, 4) is 0 Å². The molecule has 0 spiro atoms. The fourth-order valence-electron chi connectivity index (χ4n) is 1.54. The number of anilines is 1. The first-order chi connectivity index (χ1) is 8.04. The number of hydrazine groups is 1. The largest absolute Gasteiger partial charge is 0.369 e. The maximum absolute atomic E-state index is 11.0. The van der Waals surface area contributed by atoms with Crippen molar-refractivity contribution in [2.24, 2.45) is 11.6 Å². The van der Waals surface area contributed by atoms with Gasteiger partial charge < -0.3 is 11.2 Å². The quantitative estimate of drug-likeness (QED) is 0.480. The molecule has 0 radical (unpaired) electrons. The van der Waals surface area contributed by atoms with Gasteiger partial charge in [0.2, 0.25) is 5.91 Å². The molecule has 6 heteroatoms. The minimum absolute atomic E-state index is 0.216. The Labute approximate surface area is 101 Å². The van der Waals surface area contributed by atoms with E-state index in [1.165, 1.54) is 0 Å². The summed E-state index contributed by atoms with van der Waals surface area (Å²) < 4.78 is 0. The first kappa shape index (κ1) is 13.4. The van der Waals surface area contributed by atoms with Crippen molar-refractivity contribution in [3.05, 3.63) is 23.9 Å². The lowest BCUT2D eigenvalue weighted by Crippen LogP contribution is -2.38. The number of nitrogens with one attached hydrogen (secondary N) is 1. The molecule has 94 valence electrons. The number of nitrogens with two attached hydrogens (primary N) is 2. The third-order valence-corrected chi connectivity index (χ3v) is 2.49. The molecule has 0 bridgehead atoms. The van der Waals surface area contributed by atoms with Crippen molar-refractivity contribution in [2.75, 3.05) is 12.0 Å². The van der Waals surface area contributed by atoms with Gasteiger partial charge in [-0.25, -0.2) is 10.8 Å². The molecule has 0 aromatic carbocycles. The highest BCUT2D eigenvalue weighted by molar-refractivity contribution is 5.76. The maximum atomic E-state index is 11.0. The van der Waals surface area contributed by atoms with Gasteiger partial charge in [0.15, 0.2) is 0 Å². The van der Waals surface area contributed by atoms with Gasteiger partial charge in [-0.1, -0.05) is 6.07 Å². The molecule has 5 N–H and O–H groups in total. The molecule has 17 heavy (non-hydrogen) atoms. The van der Waals surface area contributed by atoms with E-state index >= 15 is 0 Å². The van der Waals surface area contributed by atoms with E-state index in [1.54, 1.807) is 6.20 Å². The zero-order valence-electron chi connectivity index (χ0n) is 10.2. The van der Waals surface area contributed by atoms with Crippen LogP contribution in [0.5, 0.6) is 0 Å². The second-order valence-corrected chi connectivity index (χ2v) is 4.12. The zero-order chi connectivity index (χ0) is 12.8. The van der Waals surface area contributed by atoms with Gasteiger partial charge in [-0.15, -0.1) is 0 Å². The van der Waals surface area contributed by atoms with Gasteiger partial charge in [0.25, 0.3) is 0 Å². The molecule has 1 aromatic rings. The van der Waals surface area contributed by atoms with Crippen LogP contribution in [0.4, 0.5) is 5.82 Å². The molecule has 0 saturated heterocycles. The van der Waals surface area contributed by atoms with E-state index in [1.807, 2.05) is 30.9 Å². The van der Waals surface area contributed by atoms with Gasteiger partial charge in [-0.3, -0.25) is 9.69 Å². The summed E-state index contributed by atoms with van der Waals surface area (Å²) >= 11 is 0. The van der Waals surface area contributed by atoms with Crippen LogP contribution < -0.4 is 17.0 Å². The van der Waals surface area contributed by atoms with Crippen LogP contribution >= 0.6 is 0 Å². The number of carbonyl (C=O) groups excluding carboxylic acids is 1. The third kappa shape index (κ3) is 4.01. The van der Waals surface area contributed by atoms with Crippen molar-refractivity contribution >= 4 is 11.7 Å². The third-order valence-electron chi connectivity index (χ3n) is 2.49.